The van der Waals surface area contributed by atoms with Gasteiger partial charge in [-0.25, -0.2) is 28.2 Å². The number of benzene rings is 9. The summed E-state index contributed by atoms with van der Waals surface area (Å²) in [5, 5.41) is 44.3. The molecule has 3 atom stereocenters. The lowest BCUT2D eigenvalue weighted by molar-refractivity contribution is 0.0316. The van der Waals surface area contributed by atoms with Crippen molar-refractivity contribution in [1.29, 1.82) is 0 Å². The molecule has 3 amide bonds. The number of hydrazine groups is 3. The number of nitrogens with zero attached hydrogens (tertiary/aromatic N) is 6. The lowest BCUT2D eigenvalue weighted by Crippen LogP contribution is -2.54. The summed E-state index contributed by atoms with van der Waals surface area (Å²) >= 11 is 35.0. The summed E-state index contributed by atoms with van der Waals surface area (Å²) in [5.74, 6) is -1.21. The van der Waals surface area contributed by atoms with E-state index in [0.29, 0.717) is 147 Å². The predicted octanol–water partition coefficient (Wildman–Crippen LogP) is 12.0. The van der Waals surface area contributed by atoms with E-state index in [1.807, 2.05) is 87.8 Å². The van der Waals surface area contributed by atoms with Crippen LogP contribution in [0.2, 0.25) is 30.1 Å². The molecular weight excluding hydrogens is 1400 g/mol. The number of piperazine rings is 3. The van der Waals surface area contributed by atoms with Crippen LogP contribution in [-0.4, -0.2) is 199 Å². The van der Waals surface area contributed by atoms with Crippen LogP contribution in [0.3, 0.4) is 0 Å². The SMILES string of the molecule is O=C(NN1CCN(CC(O)COc2ccc(Cl)c(F)c2)CC1)c1ccc2cc(Cl)ccc2c1.O=C(NN1CCN(C[C@@H](O)COc2ccc(Cl)c(F)c2)CC1)c1ccc2cc(Cl)ccc2c1.O=C(NN1CCN(C[C@H](O)COc2ccc(Cl)c(F)c2)CC1)c1ccc2cc(Cl)ccc2c1. The Labute approximate surface area is 600 Å². The number of halogens is 9. The molecule has 9 aromatic rings. The Kier molecular flexibility index (Phi) is 27.0. The van der Waals surface area contributed by atoms with Crippen molar-refractivity contribution in [2.24, 2.45) is 0 Å². The lowest BCUT2D eigenvalue weighted by Gasteiger charge is -2.35. The average Bonchev–Trinajstić information content (AvgIpc) is 0.841. The molecular formula is C72H72Cl6F3N9O9. The van der Waals surface area contributed by atoms with Crippen LogP contribution in [0.25, 0.3) is 32.3 Å². The summed E-state index contributed by atoms with van der Waals surface area (Å²) in [6.45, 7) is 9.29. The number of aliphatic hydroxyl groups is 3. The first-order chi connectivity index (χ1) is 47.6. The Hall–Kier alpha value is -7.26. The molecule has 0 spiro atoms. The molecule has 18 nitrogen and oxygen atoms in total. The number of hydrogen-bond acceptors (Lipinski definition) is 15. The largest absolute Gasteiger partial charge is 0.491 e. The second kappa shape index (κ2) is 35.9. The third kappa shape index (κ3) is 22.4. The van der Waals surface area contributed by atoms with Crippen molar-refractivity contribution in [3.63, 3.8) is 0 Å². The zero-order chi connectivity index (χ0) is 70.1. The summed E-state index contributed by atoms with van der Waals surface area (Å²) in [6.07, 6.45) is -2.18. The highest BCUT2D eigenvalue weighted by Crippen LogP contribution is 2.27. The average molecular weight is 1480 g/mol. The number of hydrogen-bond donors (Lipinski definition) is 6. The van der Waals surface area contributed by atoms with Crippen LogP contribution < -0.4 is 30.5 Å². The summed E-state index contributed by atoms with van der Waals surface area (Å²) in [7, 11) is 0. The van der Waals surface area contributed by atoms with Gasteiger partial charge in [-0.2, -0.15) is 0 Å². The van der Waals surface area contributed by atoms with E-state index in [1.165, 1.54) is 36.4 Å². The molecule has 3 saturated heterocycles. The van der Waals surface area contributed by atoms with Gasteiger partial charge in [0.25, 0.3) is 17.7 Å². The van der Waals surface area contributed by atoms with Gasteiger partial charge in [0.1, 0.15) is 72.8 Å². The van der Waals surface area contributed by atoms with E-state index in [4.69, 9.17) is 83.8 Å². The molecule has 27 heteroatoms. The highest BCUT2D eigenvalue weighted by molar-refractivity contribution is 6.32. The fourth-order valence-corrected chi connectivity index (χ4v) is 12.0. The molecule has 12 rings (SSSR count). The van der Waals surface area contributed by atoms with E-state index in [-0.39, 0.29) is 52.6 Å². The Bertz CT molecular complexity index is 3840. The van der Waals surface area contributed by atoms with E-state index in [9.17, 15) is 42.9 Å². The monoisotopic (exact) mass is 1470 g/mol. The molecule has 3 fully saturated rings. The molecule has 0 aliphatic carbocycles. The summed E-state index contributed by atoms with van der Waals surface area (Å²) in [5.41, 5.74) is 10.6. The van der Waals surface area contributed by atoms with Crippen LogP contribution in [0, 0.1) is 17.5 Å². The standard InChI is InChI=1S/3C24H24Cl2FN3O3/c3*25-19-4-3-16-11-18(2-1-17(16)12-19)24(32)28-30-9-7-29(8-10-30)14-20(31)15-33-21-5-6-22(26)23(27)13-21/h3*1-6,11-13,20,31H,7-10,14-15H2,(H,28,32)/t2*20-;/m10./s1. The van der Waals surface area contributed by atoms with Crippen LogP contribution in [0.1, 0.15) is 31.1 Å². The van der Waals surface area contributed by atoms with Crippen LogP contribution in [-0.2, 0) is 0 Å². The lowest BCUT2D eigenvalue weighted by atomic mass is 10.1. The first-order valence-electron chi connectivity index (χ1n) is 31.8. The Morgan fingerprint density at radius 2 is 0.586 bits per heavy atom. The number of carbonyl (C=O) groups is 3. The van der Waals surface area contributed by atoms with Crippen molar-refractivity contribution in [3.05, 3.63) is 228 Å². The van der Waals surface area contributed by atoms with Gasteiger partial charge in [0.2, 0.25) is 0 Å². The number of nitrogens with one attached hydrogen (secondary N) is 3. The topological polar surface area (TPSA) is 195 Å². The zero-order valence-electron chi connectivity index (χ0n) is 53.4. The molecule has 99 heavy (non-hydrogen) atoms. The van der Waals surface area contributed by atoms with Crippen molar-refractivity contribution >= 4 is 120 Å². The molecule has 522 valence electrons. The Morgan fingerprint density at radius 3 is 0.838 bits per heavy atom. The summed E-state index contributed by atoms with van der Waals surface area (Å²) in [4.78, 5) is 44.3. The third-order valence-corrected chi connectivity index (χ3v) is 18.1. The first kappa shape index (κ1) is 74.4. The predicted molar refractivity (Wildman–Crippen MR) is 382 cm³/mol. The minimum atomic E-state index is -0.726. The van der Waals surface area contributed by atoms with Crippen LogP contribution in [0.15, 0.2) is 164 Å². The molecule has 0 radical (unpaired) electrons. The van der Waals surface area contributed by atoms with E-state index >= 15 is 0 Å². The fourth-order valence-electron chi connectivity index (χ4n) is 11.2. The normalized spacial score (nSPS) is 16.0. The number of carbonyl (C=O) groups excluding carboxylic acids is 3. The molecule has 6 N–H and O–H groups in total. The number of fused-ring (bicyclic) bond motifs is 3. The molecule has 3 aliphatic rings. The highest BCUT2D eigenvalue weighted by atomic mass is 35.5. The third-order valence-electron chi connectivity index (χ3n) is 16.5. The van der Waals surface area contributed by atoms with Gasteiger partial charge < -0.3 is 29.5 Å². The van der Waals surface area contributed by atoms with Crippen LogP contribution in [0.5, 0.6) is 17.2 Å². The maximum Gasteiger partial charge on any atom is 0.265 e. The van der Waals surface area contributed by atoms with Crippen molar-refractivity contribution in [2.45, 2.75) is 18.3 Å². The maximum atomic E-state index is 13.5. The number of β-amino-alcohol motifs (C(OH)–C–C–N with tert-alkyl or cyclic N) is 3. The molecule has 3 aliphatic heterocycles. The number of aliphatic hydroxyl groups excluding tert-OH is 3. The zero-order valence-corrected chi connectivity index (χ0v) is 58.0. The van der Waals surface area contributed by atoms with Gasteiger partial charge in [-0.1, -0.05) is 106 Å². The Balaban J connectivity index is 0.000000161. The summed E-state index contributed by atoms with van der Waals surface area (Å²) < 4.78 is 56.8. The molecule has 0 saturated carbocycles. The minimum absolute atomic E-state index is 0.0263. The highest BCUT2D eigenvalue weighted by Gasteiger charge is 2.25. The molecule has 0 aromatic heterocycles. The van der Waals surface area contributed by atoms with Gasteiger partial charge in [-0.05, 0) is 142 Å². The molecule has 3 heterocycles. The van der Waals surface area contributed by atoms with Gasteiger partial charge in [-0.3, -0.25) is 45.4 Å². The van der Waals surface area contributed by atoms with E-state index in [1.54, 1.807) is 54.6 Å². The van der Waals surface area contributed by atoms with Crippen molar-refractivity contribution in [2.75, 3.05) is 118 Å². The number of amides is 3. The smallest absolute Gasteiger partial charge is 0.265 e. The van der Waals surface area contributed by atoms with Crippen molar-refractivity contribution in [3.8, 4) is 17.2 Å². The van der Waals surface area contributed by atoms with Crippen molar-refractivity contribution < 1.29 is 57.1 Å². The minimum Gasteiger partial charge on any atom is -0.491 e. The van der Waals surface area contributed by atoms with Gasteiger partial charge >= 0.3 is 0 Å². The van der Waals surface area contributed by atoms with Gasteiger partial charge in [0.15, 0.2) is 0 Å². The molecule has 9 aromatic carbocycles. The van der Waals surface area contributed by atoms with Crippen molar-refractivity contribution in [1.82, 2.24) is 46.0 Å². The van der Waals surface area contributed by atoms with E-state index < -0.39 is 35.8 Å². The first-order valence-corrected chi connectivity index (χ1v) is 34.1. The molecule has 1 unspecified atom stereocenters. The van der Waals surface area contributed by atoms with E-state index in [2.05, 4.69) is 31.0 Å². The van der Waals surface area contributed by atoms with Gasteiger partial charge in [-0.15, -0.1) is 0 Å². The second-order valence-electron chi connectivity index (χ2n) is 23.9. The number of ether oxygens (including phenoxy) is 3. The van der Waals surface area contributed by atoms with Crippen LogP contribution >= 0.6 is 69.6 Å². The summed E-state index contributed by atoms with van der Waals surface area (Å²) in [6, 6.07) is 45.8. The quantitative estimate of drug-likeness (QED) is 0.0397. The van der Waals surface area contributed by atoms with Gasteiger partial charge in [0.05, 0.1) is 15.1 Å². The molecule has 0 bridgehead atoms. The second-order valence-corrected chi connectivity index (χ2v) is 26.5. The van der Waals surface area contributed by atoms with Gasteiger partial charge in [0, 0.05) is 148 Å². The maximum absolute atomic E-state index is 13.5. The van der Waals surface area contributed by atoms with E-state index in [0.717, 1.165) is 32.3 Å². The fraction of sp³-hybridized carbons (Fsp3) is 0.292. The number of rotatable bonds is 21. The Morgan fingerprint density at radius 1 is 0.343 bits per heavy atom. The van der Waals surface area contributed by atoms with Crippen LogP contribution in [0.4, 0.5) is 13.2 Å².